The molecule has 5 nitrogen and oxygen atoms in total. The lowest BCUT2D eigenvalue weighted by Crippen LogP contribution is -2.36. The van der Waals surface area contributed by atoms with Crippen molar-refractivity contribution in [1.82, 2.24) is 0 Å². The van der Waals surface area contributed by atoms with Crippen LogP contribution in [0.15, 0.2) is 0 Å². The van der Waals surface area contributed by atoms with E-state index in [0.29, 0.717) is 25.0 Å². The van der Waals surface area contributed by atoms with Crippen molar-refractivity contribution in [3.63, 3.8) is 0 Å². The first-order chi connectivity index (χ1) is 8.06. The van der Waals surface area contributed by atoms with Crippen molar-refractivity contribution in [2.75, 3.05) is 0 Å². The summed E-state index contributed by atoms with van der Waals surface area (Å²) < 4.78 is 15.9. The third-order valence-electron chi connectivity index (χ3n) is 3.21. The van der Waals surface area contributed by atoms with Crippen LogP contribution < -0.4 is 0 Å². The quantitative estimate of drug-likeness (QED) is 0.537. The molecular formula is C12H18O5. The van der Waals surface area contributed by atoms with Crippen molar-refractivity contribution >= 4 is 11.9 Å². The van der Waals surface area contributed by atoms with E-state index in [1.807, 2.05) is 0 Å². The van der Waals surface area contributed by atoms with Crippen molar-refractivity contribution in [2.45, 2.75) is 63.9 Å². The second-order valence-corrected chi connectivity index (χ2v) is 4.66. The van der Waals surface area contributed by atoms with E-state index in [2.05, 4.69) is 0 Å². The Labute approximate surface area is 100 Å². The van der Waals surface area contributed by atoms with Gasteiger partial charge in [0.2, 0.25) is 0 Å². The standard InChI is InChI=1S/C12H18O5/c1-7(13)15-9-3-5-11-12(17-11)6-4-10(9)16-8(2)14/h9-12H,3-6H2,1-2H3/t9-,10+,11-,12+. The van der Waals surface area contributed by atoms with E-state index < -0.39 is 0 Å². The molecule has 1 saturated carbocycles. The molecule has 0 bridgehead atoms. The summed E-state index contributed by atoms with van der Waals surface area (Å²) in [6.45, 7) is 2.75. The fraction of sp³-hybridized carbons (Fsp3) is 0.833. The number of carbonyl (C=O) groups excluding carboxylic acids is 2. The molecule has 0 radical (unpaired) electrons. The Hall–Kier alpha value is -1.10. The van der Waals surface area contributed by atoms with Crippen LogP contribution in [0.3, 0.4) is 0 Å². The maximum absolute atomic E-state index is 11.0. The van der Waals surface area contributed by atoms with Gasteiger partial charge in [0.05, 0.1) is 12.2 Å². The average Bonchev–Trinajstić information content (AvgIpc) is 2.94. The van der Waals surface area contributed by atoms with Gasteiger partial charge in [-0.15, -0.1) is 0 Å². The van der Waals surface area contributed by atoms with E-state index in [9.17, 15) is 9.59 Å². The first kappa shape index (κ1) is 12.4. The maximum atomic E-state index is 11.0. The Morgan fingerprint density at radius 2 is 1.29 bits per heavy atom. The summed E-state index contributed by atoms with van der Waals surface area (Å²) in [4.78, 5) is 22.1. The van der Waals surface area contributed by atoms with Crippen molar-refractivity contribution in [3.8, 4) is 0 Å². The van der Waals surface area contributed by atoms with Gasteiger partial charge in [0, 0.05) is 13.8 Å². The summed E-state index contributed by atoms with van der Waals surface area (Å²) >= 11 is 0. The highest BCUT2D eigenvalue weighted by Gasteiger charge is 2.43. The largest absolute Gasteiger partial charge is 0.459 e. The number of ether oxygens (including phenoxy) is 3. The fourth-order valence-electron chi connectivity index (χ4n) is 2.41. The molecule has 0 aromatic carbocycles. The van der Waals surface area contributed by atoms with Gasteiger partial charge in [-0.2, -0.15) is 0 Å². The molecule has 1 aliphatic carbocycles. The van der Waals surface area contributed by atoms with Crippen LogP contribution in [0.2, 0.25) is 0 Å². The first-order valence-corrected chi connectivity index (χ1v) is 6.06. The number of hydrogen-bond donors (Lipinski definition) is 0. The van der Waals surface area contributed by atoms with E-state index in [4.69, 9.17) is 14.2 Å². The summed E-state index contributed by atoms with van der Waals surface area (Å²) in [5, 5.41) is 0. The Morgan fingerprint density at radius 3 is 1.65 bits per heavy atom. The third-order valence-corrected chi connectivity index (χ3v) is 3.21. The van der Waals surface area contributed by atoms with Crippen molar-refractivity contribution in [3.05, 3.63) is 0 Å². The summed E-state index contributed by atoms with van der Waals surface area (Å²) in [7, 11) is 0. The molecule has 17 heavy (non-hydrogen) atoms. The van der Waals surface area contributed by atoms with Gasteiger partial charge in [0.15, 0.2) is 0 Å². The van der Waals surface area contributed by atoms with Gasteiger partial charge in [0.1, 0.15) is 12.2 Å². The van der Waals surface area contributed by atoms with E-state index >= 15 is 0 Å². The molecule has 5 heteroatoms. The van der Waals surface area contributed by atoms with E-state index in [1.165, 1.54) is 13.8 Å². The van der Waals surface area contributed by atoms with Crippen LogP contribution >= 0.6 is 0 Å². The second kappa shape index (κ2) is 5.04. The van der Waals surface area contributed by atoms with Crippen LogP contribution in [0.5, 0.6) is 0 Å². The smallest absolute Gasteiger partial charge is 0.303 e. The highest BCUT2D eigenvalue weighted by atomic mass is 16.6. The number of carbonyl (C=O) groups is 2. The van der Waals surface area contributed by atoms with E-state index in [-0.39, 0.29) is 24.1 Å². The van der Waals surface area contributed by atoms with Gasteiger partial charge in [-0.25, -0.2) is 0 Å². The summed E-state index contributed by atoms with van der Waals surface area (Å²) in [6.07, 6.45) is 3.07. The minimum Gasteiger partial charge on any atom is -0.459 e. The first-order valence-electron chi connectivity index (χ1n) is 6.06. The zero-order valence-corrected chi connectivity index (χ0v) is 10.2. The lowest BCUT2D eigenvalue weighted by Gasteiger charge is -2.27. The highest BCUT2D eigenvalue weighted by Crippen LogP contribution is 2.35. The molecule has 2 rings (SSSR count). The third kappa shape index (κ3) is 3.43. The Kier molecular flexibility index (Phi) is 3.66. The minimum absolute atomic E-state index is 0.311. The van der Waals surface area contributed by atoms with Gasteiger partial charge in [-0.1, -0.05) is 0 Å². The van der Waals surface area contributed by atoms with Crippen LogP contribution in [-0.4, -0.2) is 36.4 Å². The molecule has 1 saturated heterocycles. The van der Waals surface area contributed by atoms with Crippen LogP contribution in [-0.2, 0) is 23.8 Å². The number of rotatable bonds is 2. The Balaban J connectivity index is 1.98. The summed E-state index contributed by atoms with van der Waals surface area (Å²) in [5.41, 5.74) is 0. The Bertz CT molecular complexity index is 284. The lowest BCUT2D eigenvalue weighted by molar-refractivity contribution is -0.166. The minimum atomic E-state index is -0.332. The molecule has 2 fully saturated rings. The zero-order chi connectivity index (χ0) is 12.4. The van der Waals surface area contributed by atoms with Crippen molar-refractivity contribution in [1.29, 1.82) is 0 Å². The molecule has 1 aliphatic heterocycles. The van der Waals surface area contributed by atoms with E-state index in [1.54, 1.807) is 0 Å². The molecule has 0 aromatic heterocycles. The van der Waals surface area contributed by atoms with Gasteiger partial charge >= 0.3 is 11.9 Å². The highest BCUT2D eigenvalue weighted by molar-refractivity contribution is 5.67. The monoisotopic (exact) mass is 242 g/mol. The Morgan fingerprint density at radius 1 is 0.882 bits per heavy atom. The number of esters is 2. The molecule has 0 unspecified atom stereocenters. The number of fused-ring (bicyclic) bond motifs is 1. The molecular weight excluding hydrogens is 224 g/mol. The molecule has 4 atom stereocenters. The molecule has 0 spiro atoms. The molecule has 96 valence electrons. The topological polar surface area (TPSA) is 65.1 Å². The van der Waals surface area contributed by atoms with Crippen LogP contribution in [0.4, 0.5) is 0 Å². The van der Waals surface area contributed by atoms with Crippen LogP contribution in [0.25, 0.3) is 0 Å². The predicted molar refractivity (Wildman–Crippen MR) is 58.2 cm³/mol. The predicted octanol–water partition coefficient (Wildman–Crippen LogP) is 1.19. The van der Waals surface area contributed by atoms with Crippen LogP contribution in [0, 0.1) is 0 Å². The second-order valence-electron chi connectivity index (χ2n) is 4.66. The SMILES string of the molecule is CC(=O)O[C@H]1CC[C@@H]2O[C@@H]2CC[C@H]1OC(C)=O. The zero-order valence-electron chi connectivity index (χ0n) is 10.2. The summed E-state index contributed by atoms with van der Waals surface area (Å²) in [5.74, 6) is -0.665. The molecule has 1 heterocycles. The maximum Gasteiger partial charge on any atom is 0.303 e. The van der Waals surface area contributed by atoms with E-state index in [0.717, 1.165) is 12.8 Å². The van der Waals surface area contributed by atoms with Gasteiger partial charge in [-0.05, 0) is 25.7 Å². The summed E-state index contributed by atoms with van der Waals surface area (Å²) in [6, 6.07) is 0. The molecule has 0 aromatic rings. The van der Waals surface area contributed by atoms with Gasteiger partial charge in [0.25, 0.3) is 0 Å². The molecule has 0 N–H and O–H groups in total. The molecule has 0 amide bonds. The van der Waals surface area contributed by atoms with Crippen molar-refractivity contribution in [2.24, 2.45) is 0 Å². The normalized spacial score (nSPS) is 36.1. The average molecular weight is 242 g/mol. The lowest BCUT2D eigenvalue weighted by atomic mass is 9.96. The van der Waals surface area contributed by atoms with Gasteiger partial charge < -0.3 is 14.2 Å². The van der Waals surface area contributed by atoms with Crippen LogP contribution in [0.1, 0.15) is 39.5 Å². The fourth-order valence-corrected chi connectivity index (χ4v) is 2.41. The van der Waals surface area contributed by atoms with Gasteiger partial charge in [-0.3, -0.25) is 9.59 Å². The molecule has 2 aliphatic rings. The van der Waals surface area contributed by atoms with Crippen molar-refractivity contribution < 1.29 is 23.8 Å². The number of epoxide rings is 1. The number of hydrogen-bond acceptors (Lipinski definition) is 5.